The van der Waals surface area contributed by atoms with Crippen LogP contribution in [0.2, 0.25) is 0 Å². The van der Waals surface area contributed by atoms with Crippen molar-refractivity contribution in [3.63, 3.8) is 0 Å². The predicted octanol–water partition coefficient (Wildman–Crippen LogP) is 2.15. The van der Waals surface area contributed by atoms with Crippen LogP contribution in [-0.4, -0.2) is 13.0 Å². The molecule has 0 aromatic rings. The summed E-state index contributed by atoms with van der Waals surface area (Å²) in [5.41, 5.74) is 0. The van der Waals surface area contributed by atoms with E-state index in [-0.39, 0.29) is 7.71 Å². The maximum absolute atomic E-state index is 10.4. The first kappa shape index (κ1) is 8.61. The smallest absolute Gasteiger partial charge is 0.165 e. The van der Waals surface area contributed by atoms with Crippen molar-refractivity contribution in [2.75, 3.05) is 5.33 Å². The lowest BCUT2D eigenvalue weighted by molar-refractivity contribution is -0.114. The molecule has 4 heteroatoms. The van der Waals surface area contributed by atoms with Crippen LogP contribution in [0.5, 0.6) is 0 Å². The number of carbonyl (C=O) groups is 1. The Kier molecular flexibility index (Phi) is 5.52. The first-order chi connectivity index (χ1) is 3.18. The third kappa shape index (κ3) is 4.14. The van der Waals surface area contributed by atoms with Gasteiger partial charge in [0.1, 0.15) is 1.93 Å². The number of ketones is 1. The van der Waals surface area contributed by atoms with Crippen LogP contribution in [0.15, 0.2) is 0 Å². The second-order valence-electron chi connectivity index (χ2n) is 0.901. The van der Waals surface area contributed by atoms with Crippen molar-refractivity contribution in [1.82, 2.24) is 0 Å². The van der Waals surface area contributed by atoms with Gasteiger partial charge in [-0.05, 0) is 0 Å². The minimum atomic E-state index is 0.120. The molecule has 7 heavy (non-hydrogen) atoms. The highest BCUT2D eigenvalue weighted by Gasteiger charge is 2.05. The summed E-state index contributed by atoms with van der Waals surface area (Å²) in [6, 6.07) is 0. The van der Waals surface area contributed by atoms with Gasteiger partial charge in [0.25, 0.3) is 0 Å². The van der Waals surface area contributed by atoms with Gasteiger partial charge in [-0.2, -0.15) is 0 Å². The zero-order valence-corrected chi connectivity index (χ0v) is 9.23. The molecule has 0 amide bonds. The van der Waals surface area contributed by atoms with Crippen LogP contribution in [0.3, 0.4) is 0 Å². The van der Waals surface area contributed by atoms with Crippen molar-refractivity contribution in [3.05, 3.63) is 0 Å². The molecule has 0 atom stereocenters. The molecule has 0 aromatic heterocycles. The van der Waals surface area contributed by atoms with Gasteiger partial charge < -0.3 is 0 Å². The average molecular weight is 389 g/mol. The van der Waals surface area contributed by atoms with E-state index in [2.05, 4.69) is 61.1 Å². The Balaban J connectivity index is 3.35. The van der Waals surface area contributed by atoms with E-state index < -0.39 is 0 Å². The molecule has 0 saturated carbocycles. The van der Waals surface area contributed by atoms with Crippen LogP contribution in [0.4, 0.5) is 0 Å². The van der Waals surface area contributed by atoms with E-state index in [4.69, 9.17) is 0 Å². The Hall–Kier alpha value is 1.61. The number of hydrogen-bond acceptors (Lipinski definition) is 1. The minimum Gasteiger partial charge on any atom is -0.297 e. The summed E-state index contributed by atoms with van der Waals surface area (Å²) in [7, 11) is 0. The maximum atomic E-state index is 10.4. The molecular weight excluding hydrogens is 386 g/mol. The Bertz CT molecular complexity index is 73.3. The molecule has 0 bridgehead atoms. The first-order valence-electron chi connectivity index (χ1n) is 1.55. The van der Waals surface area contributed by atoms with Crippen LogP contribution in [0.1, 0.15) is 0 Å². The summed E-state index contributed by atoms with van der Waals surface area (Å²) >= 11 is 7.21. The molecule has 0 aliphatic heterocycles. The Labute approximate surface area is 78.0 Å². The normalized spacial score (nSPS) is 9.71. The third-order valence-corrected chi connectivity index (χ3v) is 2.32. The van der Waals surface area contributed by atoms with E-state index in [1.807, 2.05) is 0 Å². The van der Waals surface area contributed by atoms with Crippen molar-refractivity contribution in [3.8, 4) is 0 Å². The fourth-order valence-corrected chi connectivity index (χ4v) is 2.03. The van der Waals surface area contributed by atoms with Gasteiger partial charge in [0.15, 0.2) is 5.78 Å². The molecule has 0 aromatic carbocycles. The van der Waals surface area contributed by atoms with Gasteiger partial charge in [-0.25, -0.2) is 0 Å². The number of Topliss-reactive ketones (excluding diaryl/α,β-unsaturated/α-hetero) is 1. The fraction of sp³-hybridized carbons (Fsp3) is 0.667. The number of alkyl halides is 3. The first-order valence-corrected chi connectivity index (χ1v) is 5.16. The van der Waals surface area contributed by atoms with Crippen molar-refractivity contribution in [1.29, 1.82) is 0 Å². The third-order valence-electron chi connectivity index (χ3n) is 0.375. The molecule has 0 aliphatic carbocycles. The zero-order chi connectivity index (χ0) is 5.86. The van der Waals surface area contributed by atoms with Gasteiger partial charge in [-0.1, -0.05) is 61.1 Å². The highest BCUT2D eigenvalue weighted by Crippen LogP contribution is 2.11. The zero-order valence-electron chi connectivity index (χ0n) is 3.33. The molecule has 0 saturated heterocycles. The van der Waals surface area contributed by atoms with Crippen molar-refractivity contribution >= 4 is 66.9 Å². The molecule has 0 spiro atoms. The predicted molar refractivity (Wildman–Crippen MR) is 50.6 cm³/mol. The highest BCUT2D eigenvalue weighted by atomic mass is 127. The molecule has 0 unspecified atom stereocenters. The summed E-state index contributed by atoms with van der Waals surface area (Å²) in [6.45, 7) is 0. The van der Waals surface area contributed by atoms with Crippen molar-refractivity contribution in [2.24, 2.45) is 0 Å². The lowest BCUT2D eigenvalue weighted by Crippen LogP contribution is -2.06. The van der Waals surface area contributed by atoms with E-state index in [0.717, 1.165) is 0 Å². The average Bonchev–Trinajstić information content (AvgIpc) is 1.65. The molecule has 0 N–H and O–H groups in total. The van der Waals surface area contributed by atoms with Crippen LogP contribution in [0, 0.1) is 0 Å². The lowest BCUT2D eigenvalue weighted by Gasteiger charge is -1.91. The van der Waals surface area contributed by atoms with Crippen LogP contribution >= 0.6 is 61.1 Å². The maximum Gasteiger partial charge on any atom is 0.165 e. The molecule has 0 aliphatic rings. The van der Waals surface area contributed by atoms with Gasteiger partial charge in [-0.15, -0.1) is 0 Å². The standard InChI is InChI=1S/C3H3BrI2O/c4-1-2(7)3(5)6/h3H,1H2. The largest absolute Gasteiger partial charge is 0.297 e. The number of rotatable bonds is 2. The molecular formula is C3H3BrI2O. The summed E-state index contributed by atoms with van der Waals surface area (Å²) in [4.78, 5) is 10.4. The Morgan fingerprint density at radius 3 is 2.14 bits per heavy atom. The Morgan fingerprint density at radius 1 is 1.71 bits per heavy atom. The Morgan fingerprint density at radius 2 is 2.14 bits per heavy atom. The van der Waals surface area contributed by atoms with Crippen LogP contribution in [0.25, 0.3) is 0 Å². The molecule has 0 rings (SSSR count). The molecule has 0 radical (unpaired) electrons. The topological polar surface area (TPSA) is 17.1 Å². The number of hydrogen-bond donors (Lipinski definition) is 0. The van der Waals surface area contributed by atoms with E-state index in [9.17, 15) is 4.79 Å². The van der Waals surface area contributed by atoms with E-state index in [1.165, 1.54) is 0 Å². The molecule has 1 nitrogen and oxygen atoms in total. The van der Waals surface area contributed by atoms with Gasteiger partial charge in [0.2, 0.25) is 0 Å². The van der Waals surface area contributed by atoms with E-state index >= 15 is 0 Å². The number of halogens is 3. The van der Waals surface area contributed by atoms with E-state index in [1.54, 1.807) is 0 Å². The minimum absolute atomic E-state index is 0.120. The van der Waals surface area contributed by atoms with Gasteiger partial charge in [0, 0.05) is 0 Å². The second-order valence-corrected chi connectivity index (χ2v) is 6.34. The summed E-state index contributed by atoms with van der Waals surface area (Å²) in [6.07, 6.45) is 0. The van der Waals surface area contributed by atoms with Gasteiger partial charge >= 0.3 is 0 Å². The quantitative estimate of drug-likeness (QED) is 0.523. The van der Waals surface area contributed by atoms with Crippen molar-refractivity contribution in [2.45, 2.75) is 1.93 Å². The summed E-state index contributed by atoms with van der Waals surface area (Å²) < 4.78 is 0.120. The van der Waals surface area contributed by atoms with E-state index in [0.29, 0.717) is 5.33 Å². The lowest BCUT2D eigenvalue weighted by atomic mass is 10.5. The second kappa shape index (κ2) is 4.49. The summed E-state index contributed by atoms with van der Waals surface area (Å²) in [5.74, 6) is 0.237. The summed E-state index contributed by atoms with van der Waals surface area (Å²) in [5, 5.41) is 0.476. The molecule has 0 heterocycles. The SMILES string of the molecule is O=C(CBr)C(I)I. The molecule has 42 valence electrons. The van der Waals surface area contributed by atoms with Crippen molar-refractivity contribution < 1.29 is 4.79 Å². The highest BCUT2D eigenvalue weighted by molar-refractivity contribution is 14.2. The monoisotopic (exact) mass is 388 g/mol. The van der Waals surface area contributed by atoms with Crippen LogP contribution < -0.4 is 0 Å². The number of carbonyl (C=O) groups excluding carboxylic acids is 1. The fourth-order valence-electron chi connectivity index (χ4n) is 0.0583. The molecule has 0 fully saturated rings. The van der Waals surface area contributed by atoms with Crippen LogP contribution in [-0.2, 0) is 4.79 Å². The van der Waals surface area contributed by atoms with Gasteiger partial charge in [0.05, 0.1) is 5.33 Å². The van der Waals surface area contributed by atoms with Gasteiger partial charge in [-0.3, -0.25) is 4.79 Å².